The first-order chi connectivity index (χ1) is 6.24. The molecule has 0 saturated carbocycles. The minimum absolute atomic E-state index is 0.0662. The molecule has 0 fully saturated rings. The van der Waals surface area contributed by atoms with Crippen molar-refractivity contribution in [2.75, 3.05) is 13.2 Å². The molecule has 0 saturated heterocycles. The highest BCUT2D eigenvalue weighted by molar-refractivity contribution is 5.84. The normalized spacial score (nSPS) is 10.2. The Labute approximate surface area is 75.9 Å². The van der Waals surface area contributed by atoms with Gasteiger partial charge < -0.3 is 9.84 Å². The summed E-state index contributed by atoms with van der Waals surface area (Å²) in [5, 5.41) is 12.4. The van der Waals surface area contributed by atoms with Crippen molar-refractivity contribution in [3.05, 3.63) is 18.0 Å². The van der Waals surface area contributed by atoms with Crippen molar-refractivity contribution < 1.29 is 14.6 Å². The van der Waals surface area contributed by atoms with Gasteiger partial charge in [-0.3, -0.25) is 4.68 Å². The van der Waals surface area contributed by atoms with Crippen LogP contribution in [0, 0.1) is 0 Å². The van der Waals surface area contributed by atoms with E-state index in [2.05, 4.69) is 5.10 Å². The molecule has 0 bridgehead atoms. The predicted molar refractivity (Wildman–Crippen MR) is 45.7 cm³/mol. The summed E-state index contributed by atoms with van der Waals surface area (Å²) in [4.78, 5) is 10.4. The van der Waals surface area contributed by atoms with Crippen LogP contribution >= 0.6 is 0 Å². The third-order valence-corrected chi connectivity index (χ3v) is 1.53. The minimum atomic E-state index is -1.00. The Morgan fingerprint density at radius 1 is 1.77 bits per heavy atom. The molecular weight excluding hydrogens is 172 g/mol. The Hall–Kier alpha value is -1.36. The van der Waals surface area contributed by atoms with Gasteiger partial charge in [-0.25, -0.2) is 4.79 Å². The van der Waals surface area contributed by atoms with Gasteiger partial charge in [-0.1, -0.05) is 0 Å². The van der Waals surface area contributed by atoms with Crippen LogP contribution in [-0.2, 0) is 11.3 Å². The molecule has 0 aliphatic rings. The first kappa shape index (κ1) is 9.73. The van der Waals surface area contributed by atoms with Crippen molar-refractivity contribution in [3.8, 4) is 0 Å². The number of rotatable bonds is 5. The lowest BCUT2D eigenvalue weighted by Crippen LogP contribution is -2.07. The second-order valence-corrected chi connectivity index (χ2v) is 2.47. The molecule has 1 aromatic heterocycles. The molecule has 0 amide bonds. The molecule has 0 atom stereocenters. The number of aromatic carboxylic acids is 1. The minimum Gasteiger partial charge on any atom is -0.476 e. The molecule has 13 heavy (non-hydrogen) atoms. The van der Waals surface area contributed by atoms with Crippen molar-refractivity contribution in [1.29, 1.82) is 0 Å². The third-order valence-electron chi connectivity index (χ3n) is 1.53. The van der Waals surface area contributed by atoms with E-state index in [1.807, 2.05) is 6.92 Å². The predicted octanol–water partition coefficient (Wildman–Crippen LogP) is 0.618. The molecule has 0 aliphatic carbocycles. The summed E-state index contributed by atoms with van der Waals surface area (Å²) < 4.78 is 6.65. The number of hydrogen-bond donors (Lipinski definition) is 1. The van der Waals surface area contributed by atoms with Crippen molar-refractivity contribution in [2.24, 2.45) is 0 Å². The molecular formula is C8H12N2O3. The van der Waals surface area contributed by atoms with Gasteiger partial charge in [-0.2, -0.15) is 5.10 Å². The average Bonchev–Trinajstić information content (AvgIpc) is 2.53. The van der Waals surface area contributed by atoms with Crippen LogP contribution in [0.2, 0.25) is 0 Å². The van der Waals surface area contributed by atoms with Crippen LogP contribution in [0.3, 0.4) is 0 Å². The third kappa shape index (κ3) is 2.87. The van der Waals surface area contributed by atoms with Gasteiger partial charge in [-0.15, -0.1) is 0 Å². The van der Waals surface area contributed by atoms with Crippen LogP contribution in [0.25, 0.3) is 0 Å². The van der Waals surface area contributed by atoms with E-state index in [0.29, 0.717) is 19.8 Å². The van der Waals surface area contributed by atoms with E-state index < -0.39 is 5.97 Å². The topological polar surface area (TPSA) is 64.3 Å². The Balaban J connectivity index is 2.44. The van der Waals surface area contributed by atoms with E-state index in [4.69, 9.17) is 9.84 Å². The Bertz CT molecular complexity index is 283. The SMILES string of the molecule is CCOCCn1ccc(C(=O)O)n1. The van der Waals surface area contributed by atoms with Crippen LogP contribution in [0.5, 0.6) is 0 Å². The quantitative estimate of drug-likeness (QED) is 0.681. The van der Waals surface area contributed by atoms with Crippen molar-refractivity contribution in [1.82, 2.24) is 9.78 Å². The second-order valence-electron chi connectivity index (χ2n) is 2.47. The summed E-state index contributed by atoms with van der Waals surface area (Å²) in [5.41, 5.74) is 0.0662. The van der Waals surface area contributed by atoms with Crippen molar-refractivity contribution in [3.63, 3.8) is 0 Å². The first-order valence-electron chi connectivity index (χ1n) is 4.08. The lowest BCUT2D eigenvalue weighted by Gasteiger charge is -2.00. The van der Waals surface area contributed by atoms with Crippen LogP contribution in [0.1, 0.15) is 17.4 Å². The summed E-state index contributed by atoms with van der Waals surface area (Å²) in [6, 6.07) is 1.47. The summed E-state index contributed by atoms with van der Waals surface area (Å²) in [5.74, 6) is -1.00. The second kappa shape index (κ2) is 4.61. The van der Waals surface area contributed by atoms with Gasteiger partial charge in [0.05, 0.1) is 13.2 Å². The van der Waals surface area contributed by atoms with Crippen molar-refractivity contribution in [2.45, 2.75) is 13.5 Å². The molecule has 1 aromatic rings. The van der Waals surface area contributed by atoms with Gasteiger partial charge in [0.2, 0.25) is 0 Å². The average molecular weight is 184 g/mol. The number of hydrogen-bond acceptors (Lipinski definition) is 3. The number of carbonyl (C=O) groups is 1. The van der Waals surface area contributed by atoms with E-state index in [0.717, 1.165) is 0 Å². The highest BCUT2D eigenvalue weighted by atomic mass is 16.5. The fraction of sp³-hybridized carbons (Fsp3) is 0.500. The summed E-state index contributed by atoms with van der Waals surface area (Å²) in [7, 11) is 0. The summed E-state index contributed by atoms with van der Waals surface area (Å²) in [6.45, 7) is 3.71. The van der Waals surface area contributed by atoms with Gasteiger partial charge in [0.15, 0.2) is 5.69 Å². The van der Waals surface area contributed by atoms with Gasteiger partial charge in [0, 0.05) is 12.8 Å². The number of carboxylic acids is 1. The maximum Gasteiger partial charge on any atom is 0.356 e. The first-order valence-corrected chi connectivity index (χ1v) is 4.08. The molecule has 0 aromatic carbocycles. The van der Waals surface area contributed by atoms with E-state index in [-0.39, 0.29) is 5.69 Å². The zero-order valence-electron chi connectivity index (χ0n) is 7.43. The summed E-state index contributed by atoms with van der Waals surface area (Å²) >= 11 is 0. The van der Waals surface area contributed by atoms with Crippen LogP contribution in [0.4, 0.5) is 0 Å². The van der Waals surface area contributed by atoms with E-state index in [1.165, 1.54) is 6.07 Å². The van der Waals surface area contributed by atoms with Crippen LogP contribution in [-0.4, -0.2) is 34.1 Å². The van der Waals surface area contributed by atoms with E-state index in [1.54, 1.807) is 10.9 Å². The largest absolute Gasteiger partial charge is 0.476 e. The molecule has 0 aliphatic heterocycles. The smallest absolute Gasteiger partial charge is 0.356 e. The van der Waals surface area contributed by atoms with Gasteiger partial charge >= 0.3 is 5.97 Å². The van der Waals surface area contributed by atoms with E-state index >= 15 is 0 Å². The lowest BCUT2D eigenvalue weighted by atomic mass is 10.5. The zero-order valence-corrected chi connectivity index (χ0v) is 7.43. The van der Waals surface area contributed by atoms with Gasteiger partial charge in [0.1, 0.15) is 0 Å². The van der Waals surface area contributed by atoms with Gasteiger partial charge in [-0.05, 0) is 13.0 Å². The molecule has 0 spiro atoms. The highest BCUT2D eigenvalue weighted by Crippen LogP contribution is 1.95. The summed E-state index contributed by atoms with van der Waals surface area (Å²) in [6.07, 6.45) is 1.63. The fourth-order valence-electron chi connectivity index (χ4n) is 0.903. The molecule has 1 rings (SSSR count). The number of carboxylic acid groups (broad SMARTS) is 1. The van der Waals surface area contributed by atoms with Gasteiger partial charge in [0.25, 0.3) is 0 Å². The van der Waals surface area contributed by atoms with Crippen LogP contribution < -0.4 is 0 Å². The number of aromatic nitrogens is 2. The molecule has 5 nitrogen and oxygen atoms in total. The van der Waals surface area contributed by atoms with Crippen LogP contribution in [0.15, 0.2) is 12.3 Å². The zero-order chi connectivity index (χ0) is 9.68. The molecule has 5 heteroatoms. The Morgan fingerprint density at radius 2 is 2.54 bits per heavy atom. The maximum absolute atomic E-state index is 10.4. The molecule has 0 unspecified atom stereocenters. The molecule has 72 valence electrons. The molecule has 1 heterocycles. The monoisotopic (exact) mass is 184 g/mol. The molecule has 1 N–H and O–H groups in total. The Kier molecular flexibility index (Phi) is 3.45. The number of nitrogens with zero attached hydrogens (tertiary/aromatic N) is 2. The molecule has 0 radical (unpaired) electrons. The fourth-order valence-corrected chi connectivity index (χ4v) is 0.903. The standard InChI is InChI=1S/C8H12N2O3/c1-2-13-6-5-10-4-3-7(9-10)8(11)12/h3-4H,2,5-6H2,1H3,(H,11,12). The highest BCUT2D eigenvalue weighted by Gasteiger charge is 2.05. The maximum atomic E-state index is 10.4. The number of ether oxygens (including phenoxy) is 1. The lowest BCUT2D eigenvalue weighted by molar-refractivity contribution is 0.0688. The van der Waals surface area contributed by atoms with Crippen molar-refractivity contribution >= 4 is 5.97 Å². The van der Waals surface area contributed by atoms with E-state index in [9.17, 15) is 4.79 Å². The Morgan fingerprint density at radius 3 is 3.08 bits per heavy atom.